The molecule has 2 aliphatic rings. The molecule has 0 atom stereocenters. The Morgan fingerprint density at radius 3 is 1.67 bits per heavy atom. The maximum Gasteiger partial charge on any atom is 0.0720 e. The van der Waals surface area contributed by atoms with Gasteiger partial charge in [0.15, 0.2) is 0 Å². The third kappa shape index (κ3) is 4.92. The van der Waals surface area contributed by atoms with Crippen LogP contribution in [0.3, 0.4) is 0 Å². The SMILES string of the molecule is CC1(C)c2ccccc2-c2c(N(c3ccc(-c4ccccc4)cc3)c3ccc4sc5cccc(C6(c7ccccc7)c7ccccc7-c7ccccc76)c5c4c3)cccc21. The van der Waals surface area contributed by atoms with Gasteiger partial charge in [0.2, 0.25) is 0 Å². The van der Waals surface area contributed by atoms with Gasteiger partial charge in [-0.05, 0) is 104 Å². The van der Waals surface area contributed by atoms with E-state index in [4.69, 9.17) is 0 Å². The molecular formula is C58H41NS. The van der Waals surface area contributed by atoms with Crippen molar-refractivity contribution >= 4 is 48.6 Å². The lowest BCUT2D eigenvalue weighted by Crippen LogP contribution is -2.28. The fourth-order valence-corrected chi connectivity index (χ4v) is 11.8. The summed E-state index contributed by atoms with van der Waals surface area (Å²) < 4.78 is 2.58. The van der Waals surface area contributed by atoms with Crippen LogP contribution in [0.25, 0.3) is 53.6 Å². The Morgan fingerprint density at radius 1 is 0.400 bits per heavy atom. The molecule has 60 heavy (non-hydrogen) atoms. The maximum atomic E-state index is 2.50. The number of hydrogen-bond acceptors (Lipinski definition) is 2. The lowest BCUT2D eigenvalue weighted by Gasteiger charge is -2.34. The summed E-state index contributed by atoms with van der Waals surface area (Å²) in [6.07, 6.45) is 0. The van der Waals surface area contributed by atoms with Gasteiger partial charge in [0.05, 0.1) is 11.1 Å². The average molecular weight is 784 g/mol. The first-order valence-corrected chi connectivity index (χ1v) is 21.7. The molecule has 0 spiro atoms. The molecule has 1 aromatic heterocycles. The largest absolute Gasteiger partial charge is 0.310 e. The standard InChI is InChI=1S/C58H41NS/c1-57(2)47-24-12-11-23-45(47)55-50(57)27-15-29-52(55)59(41-33-31-39(32-34-41)38-17-5-3-6-18-38)42-35-36-53-46(37-42)56-51(28-16-30-54(56)60-53)58(40-19-7-4-8-20-40)48-25-13-9-21-43(48)44-22-10-14-26-49(44)58/h3-37H,1-2H3. The highest BCUT2D eigenvalue weighted by molar-refractivity contribution is 7.25. The van der Waals surface area contributed by atoms with Crippen LogP contribution in [0.5, 0.6) is 0 Å². The summed E-state index contributed by atoms with van der Waals surface area (Å²) in [7, 11) is 0. The third-order valence-electron chi connectivity index (χ3n) is 13.4. The normalized spacial score (nSPS) is 14.1. The lowest BCUT2D eigenvalue weighted by atomic mass is 9.66. The lowest BCUT2D eigenvalue weighted by molar-refractivity contribution is 0.660. The van der Waals surface area contributed by atoms with Crippen LogP contribution in [-0.4, -0.2) is 0 Å². The summed E-state index contributed by atoms with van der Waals surface area (Å²) in [5, 5.41) is 2.60. The summed E-state index contributed by atoms with van der Waals surface area (Å²) in [4.78, 5) is 2.50. The molecular weight excluding hydrogens is 743 g/mol. The smallest absolute Gasteiger partial charge is 0.0720 e. The van der Waals surface area contributed by atoms with Gasteiger partial charge in [0.1, 0.15) is 0 Å². The van der Waals surface area contributed by atoms with Crippen molar-refractivity contribution in [1.29, 1.82) is 0 Å². The van der Waals surface area contributed by atoms with Gasteiger partial charge in [0.25, 0.3) is 0 Å². The quantitative estimate of drug-likeness (QED) is 0.162. The number of nitrogens with zero attached hydrogens (tertiary/aromatic N) is 1. The molecule has 10 aromatic rings. The predicted octanol–water partition coefficient (Wildman–Crippen LogP) is 15.9. The van der Waals surface area contributed by atoms with Gasteiger partial charge in [-0.3, -0.25) is 0 Å². The van der Waals surface area contributed by atoms with Gasteiger partial charge < -0.3 is 4.90 Å². The number of benzene rings is 9. The molecule has 2 heteroatoms. The Labute approximate surface area is 355 Å². The van der Waals surface area contributed by atoms with E-state index in [1.54, 1.807) is 0 Å². The second kappa shape index (κ2) is 13.3. The van der Waals surface area contributed by atoms with Crippen LogP contribution in [-0.2, 0) is 10.8 Å². The number of fused-ring (bicyclic) bond motifs is 9. The average Bonchev–Trinajstić information content (AvgIpc) is 3.91. The summed E-state index contributed by atoms with van der Waals surface area (Å²) >= 11 is 1.89. The van der Waals surface area contributed by atoms with E-state index >= 15 is 0 Å². The zero-order valence-electron chi connectivity index (χ0n) is 33.6. The van der Waals surface area contributed by atoms with Crippen molar-refractivity contribution < 1.29 is 0 Å². The topological polar surface area (TPSA) is 3.24 Å². The third-order valence-corrected chi connectivity index (χ3v) is 14.5. The van der Waals surface area contributed by atoms with Gasteiger partial charge in [-0.15, -0.1) is 11.3 Å². The second-order valence-corrected chi connectivity index (χ2v) is 17.9. The molecule has 1 heterocycles. The van der Waals surface area contributed by atoms with Crippen molar-refractivity contribution in [2.75, 3.05) is 4.90 Å². The summed E-state index contributed by atoms with van der Waals surface area (Å²) in [5.41, 5.74) is 18.5. The summed E-state index contributed by atoms with van der Waals surface area (Å²) in [6.45, 7) is 4.74. The van der Waals surface area contributed by atoms with E-state index in [-0.39, 0.29) is 5.41 Å². The van der Waals surface area contributed by atoms with E-state index < -0.39 is 5.41 Å². The van der Waals surface area contributed by atoms with Gasteiger partial charge in [-0.1, -0.05) is 184 Å². The second-order valence-electron chi connectivity index (χ2n) is 16.8. The van der Waals surface area contributed by atoms with Crippen molar-refractivity contribution in [1.82, 2.24) is 0 Å². The molecule has 0 radical (unpaired) electrons. The highest BCUT2D eigenvalue weighted by atomic mass is 32.1. The predicted molar refractivity (Wildman–Crippen MR) is 254 cm³/mol. The molecule has 2 aliphatic carbocycles. The van der Waals surface area contributed by atoms with E-state index in [0.29, 0.717) is 0 Å². The van der Waals surface area contributed by atoms with Crippen molar-refractivity contribution in [3.8, 4) is 33.4 Å². The molecule has 0 aliphatic heterocycles. The van der Waals surface area contributed by atoms with Crippen LogP contribution < -0.4 is 4.90 Å². The fraction of sp³-hybridized carbons (Fsp3) is 0.0690. The van der Waals surface area contributed by atoms with Crippen LogP contribution in [0.15, 0.2) is 212 Å². The van der Waals surface area contributed by atoms with E-state index in [2.05, 4.69) is 231 Å². The molecule has 0 N–H and O–H groups in total. The van der Waals surface area contributed by atoms with Crippen LogP contribution >= 0.6 is 11.3 Å². The molecule has 1 nitrogen and oxygen atoms in total. The Balaban J connectivity index is 1.14. The Kier molecular flexibility index (Phi) is 7.73. The van der Waals surface area contributed by atoms with Crippen molar-refractivity contribution in [3.05, 3.63) is 246 Å². The Bertz CT molecular complexity index is 3240. The minimum atomic E-state index is -0.500. The molecule has 12 rings (SSSR count). The zero-order chi connectivity index (χ0) is 40.0. The highest BCUT2D eigenvalue weighted by Crippen LogP contribution is 2.59. The van der Waals surface area contributed by atoms with E-state index in [1.807, 2.05) is 11.3 Å². The Morgan fingerprint density at radius 2 is 0.950 bits per heavy atom. The Hall–Kier alpha value is -7.00. The monoisotopic (exact) mass is 783 g/mol. The first-order valence-electron chi connectivity index (χ1n) is 20.9. The number of hydrogen-bond donors (Lipinski definition) is 0. The van der Waals surface area contributed by atoms with Crippen LogP contribution in [0.1, 0.15) is 47.2 Å². The molecule has 0 saturated heterocycles. The molecule has 0 unspecified atom stereocenters. The van der Waals surface area contributed by atoms with Crippen molar-refractivity contribution in [2.24, 2.45) is 0 Å². The minimum Gasteiger partial charge on any atom is -0.310 e. The highest BCUT2D eigenvalue weighted by Gasteiger charge is 2.47. The van der Waals surface area contributed by atoms with Gasteiger partial charge in [0, 0.05) is 42.5 Å². The van der Waals surface area contributed by atoms with E-state index in [9.17, 15) is 0 Å². The van der Waals surface area contributed by atoms with Crippen LogP contribution in [0.4, 0.5) is 17.1 Å². The van der Waals surface area contributed by atoms with Crippen molar-refractivity contribution in [3.63, 3.8) is 0 Å². The van der Waals surface area contributed by atoms with Crippen LogP contribution in [0, 0.1) is 0 Å². The molecule has 0 amide bonds. The molecule has 0 bridgehead atoms. The summed E-state index contributed by atoms with van der Waals surface area (Å²) in [6, 6.07) is 79.2. The zero-order valence-corrected chi connectivity index (χ0v) is 34.4. The van der Waals surface area contributed by atoms with Gasteiger partial charge in [-0.25, -0.2) is 0 Å². The number of anilines is 3. The maximum absolute atomic E-state index is 2.50. The molecule has 284 valence electrons. The molecule has 9 aromatic carbocycles. The fourth-order valence-electron chi connectivity index (χ4n) is 10.7. The van der Waals surface area contributed by atoms with E-state index in [0.717, 1.165) is 11.4 Å². The van der Waals surface area contributed by atoms with E-state index in [1.165, 1.54) is 92.6 Å². The molecule has 0 saturated carbocycles. The van der Waals surface area contributed by atoms with Gasteiger partial charge >= 0.3 is 0 Å². The first kappa shape index (κ1) is 35.0. The van der Waals surface area contributed by atoms with Crippen molar-refractivity contribution in [2.45, 2.75) is 24.7 Å². The van der Waals surface area contributed by atoms with Gasteiger partial charge in [-0.2, -0.15) is 0 Å². The number of rotatable bonds is 6. The first-order chi connectivity index (χ1) is 29.5. The molecule has 0 fully saturated rings. The summed E-state index contributed by atoms with van der Waals surface area (Å²) in [5.74, 6) is 0. The number of thiophene rings is 1. The minimum absolute atomic E-state index is 0.118. The van der Waals surface area contributed by atoms with Crippen LogP contribution in [0.2, 0.25) is 0 Å².